The average molecular weight is 280 g/mol. The van der Waals surface area contributed by atoms with E-state index in [0.29, 0.717) is 5.92 Å². The molecule has 1 unspecified atom stereocenters. The third-order valence-electron chi connectivity index (χ3n) is 2.98. The number of carbonyl (C=O) groups is 1. The lowest BCUT2D eigenvalue weighted by Gasteiger charge is -2.12. The molecule has 1 rings (SSSR count). The van der Waals surface area contributed by atoms with Crippen LogP contribution in [0.15, 0.2) is 30.3 Å². The molecule has 0 saturated heterocycles. The maximum absolute atomic E-state index is 11.2. The highest BCUT2D eigenvalue weighted by Gasteiger charge is 2.17. The molecule has 19 heavy (non-hydrogen) atoms. The first kappa shape index (κ1) is 16.1. The van der Waals surface area contributed by atoms with Gasteiger partial charge < -0.3 is 5.11 Å². The van der Waals surface area contributed by atoms with Crippen molar-refractivity contribution in [2.45, 2.75) is 33.1 Å². The Labute approximate surface area is 120 Å². The Kier molecular flexibility index (Phi) is 7.65. The number of rotatable bonds is 9. The van der Waals surface area contributed by atoms with Crippen LogP contribution in [0.3, 0.4) is 0 Å². The molecule has 106 valence electrons. The van der Waals surface area contributed by atoms with E-state index in [0.717, 1.165) is 30.8 Å². The van der Waals surface area contributed by atoms with E-state index in [1.807, 2.05) is 18.2 Å². The summed E-state index contributed by atoms with van der Waals surface area (Å²) in [7, 11) is 0. The molecule has 0 saturated carbocycles. The predicted octanol–water partition coefficient (Wildman–Crippen LogP) is 4.10. The summed E-state index contributed by atoms with van der Waals surface area (Å²) < 4.78 is 0. The van der Waals surface area contributed by atoms with Crippen molar-refractivity contribution >= 4 is 17.7 Å². The highest BCUT2D eigenvalue weighted by molar-refractivity contribution is 7.99. The average Bonchev–Trinajstić information content (AvgIpc) is 2.37. The molecule has 2 nitrogen and oxygen atoms in total. The van der Waals surface area contributed by atoms with Gasteiger partial charge >= 0.3 is 5.97 Å². The second kappa shape index (κ2) is 9.03. The van der Waals surface area contributed by atoms with Crippen molar-refractivity contribution in [3.05, 3.63) is 35.9 Å². The zero-order chi connectivity index (χ0) is 14.1. The lowest BCUT2D eigenvalue weighted by Crippen LogP contribution is -2.17. The van der Waals surface area contributed by atoms with Crippen molar-refractivity contribution in [3.8, 4) is 0 Å². The Hall–Kier alpha value is -0.960. The Morgan fingerprint density at radius 1 is 1.21 bits per heavy atom. The van der Waals surface area contributed by atoms with Gasteiger partial charge in [0.05, 0.1) is 5.92 Å². The van der Waals surface area contributed by atoms with Crippen LogP contribution in [0.5, 0.6) is 0 Å². The van der Waals surface area contributed by atoms with Gasteiger partial charge in [0.25, 0.3) is 0 Å². The molecule has 0 aromatic heterocycles. The first-order chi connectivity index (χ1) is 9.09. The molecule has 0 aliphatic heterocycles. The van der Waals surface area contributed by atoms with Gasteiger partial charge in [-0.2, -0.15) is 11.8 Å². The first-order valence-corrected chi connectivity index (χ1v) is 8.09. The minimum absolute atomic E-state index is 0.201. The maximum atomic E-state index is 11.2. The molecule has 0 spiro atoms. The Bertz CT molecular complexity index is 362. The zero-order valence-corrected chi connectivity index (χ0v) is 12.7. The van der Waals surface area contributed by atoms with Crippen LogP contribution < -0.4 is 0 Å². The Morgan fingerprint density at radius 2 is 1.89 bits per heavy atom. The van der Waals surface area contributed by atoms with E-state index in [9.17, 15) is 9.90 Å². The minimum atomic E-state index is -0.649. The topological polar surface area (TPSA) is 37.3 Å². The van der Waals surface area contributed by atoms with Crippen LogP contribution in [0, 0.1) is 11.8 Å². The molecule has 0 fully saturated rings. The number of thioether (sulfide) groups is 1. The van der Waals surface area contributed by atoms with Gasteiger partial charge in [-0.3, -0.25) is 4.79 Å². The summed E-state index contributed by atoms with van der Waals surface area (Å²) in [5.41, 5.74) is 1.29. The number of aliphatic carboxylic acids is 1. The number of carboxylic acid groups (broad SMARTS) is 1. The largest absolute Gasteiger partial charge is 0.481 e. The Morgan fingerprint density at radius 3 is 2.47 bits per heavy atom. The normalized spacial score (nSPS) is 12.6. The van der Waals surface area contributed by atoms with E-state index in [2.05, 4.69) is 26.0 Å². The summed E-state index contributed by atoms with van der Waals surface area (Å²) in [5, 5.41) is 9.22. The number of hydrogen-bond donors (Lipinski definition) is 1. The third-order valence-corrected chi connectivity index (χ3v) is 4.52. The van der Waals surface area contributed by atoms with Crippen LogP contribution in [0.25, 0.3) is 0 Å². The molecule has 0 bridgehead atoms. The van der Waals surface area contributed by atoms with Gasteiger partial charge in [-0.05, 0) is 36.5 Å². The molecule has 0 radical (unpaired) electrons. The predicted molar refractivity (Wildman–Crippen MR) is 82.7 cm³/mol. The lowest BCUT2D eigenvalue weighted by atomic mass is 10.0. The van der Waals surface area contributed by atoms with Crippen LogP contribution in [0.2, 0.25) is 0 Å². The summed E-state index contributed by atoms with van der Waals surface area (Å²) in [6.07, 6.45) is 2.69. The van der Waals surface area contributed by atoms with Crippen molar-refractivity contribution in [1.82, 2.24) is 0 Å². The molecule has 3 heteroatoms. The van der Waals surface area contributed by atoms with Crippen LogP contribution in [0.1, 0.15) is 32.3 Å². The van der Waals surface area contributed by atoms with E-state index in [-0.39, 0.29) is 5.92 Å². The minimum Gasteiger partial charge on any atom is -0.481 e. The second-order valence-electron chi connectivity index (χ2n) is 5.34. The van der Waals surface area contributed by atoms with Gasteiger partial charge in [-0.15, -0.1) is 0 Å². The molecule has 1 N–H and O–H groups in total. The van der Waals surface area contributed by atoms with Crippen molar-refractivity contribution in [2.75, 3.05) is 11.5 Å². The standard InChI is InChI=1S/C16H24O2S/c1-13(2)11-19-12-15(16(17)18)10-6-9-14-7-4-3-5-8-14/h3-5,7-8,13,15H,6,9-12H2,1-2H3,(H,17,18). The van der Waals surface area contributed by atoms with Crippen molar-refractivity contribution in [1.29, 1.82) is 0 Å². The zero-order valence-electron chi connectivity index (χ0n) is 11.8. The molecule has 1 aromatic carbocycles. The van der Waals surface area contributed by atoms with Crippen molar-refractivity contribution in [2.24, 2.45) is 11.8 Å². The maximum Gasteiger partial charge on any atom is 0.307 e. The summed E-state index contributed by atoms with van der Waals surface area (Å²) in [4.78, 5) is 11.2. The molecule has 0 aliphatic rings. The fraction of sp³-hybridized carbons (Fsp3) is 0.562. The summed E-state index contributed by atoms with van der Waals surface area (Å²) >= 11 is 1.76. The Balaban J connectivity index is 2.27. The SMILES string of the molecule is CC(C)CSCC(CCCc1ccccc1)C(=O)O. The number of carboxylic acids is 1. The fourth-order valence-corrected chi connectivity index (χ4v) is 3.12. The molecule has 0 heterocycles. The summed E-state index contributed by atoms with van der Waals surface area (Å²) in [5.74, 6) is 1.56. The smallest absolute Gasteiger partial charge is 0.307 e. The number of aryl methyl sites for hydroxylation is 1. The second-order valence-corrected chi connectivity index (χ2v) is 6.42. The molecule has 1 aromatic rings. The highest BCUT2D eigenvalue weighted by Crippen LogP contribution is 2.18. The molecular weight excluding hydrogens is 256 g/mol. The third kappa shape index (κ3) is 7.26. The van der Waals surface area contributed by atoms with E-state index >= 15 is 0 Å². The number of hydrogen-bond acceptors (Lipinski definition) is 2. The van der Waals surface area contributed by atoms with Crippen molar-refractivity contribution < 1.29 is 9.90 Å². The monoisotopic (exact) mass is 280 g/mol. The van der Waals surface area contributed by atoms with Crippen LogP contribution in [0.4, 0.5) is 0 Å². The molecule has 0 aliphatic carbocycles. The van der Waals surface area contributed by atoms with E-state index in [1.165, 1.54) is 5.56 Å². The van der Waals surface area contributed by atoms with Gasteiger partial charge in [0.15, 0.2) is 0 Å². The van der Waals surface area contributed by atoms with Crippen LogP contribution in [-0.2, 0) is 11.2 Å². The first-order valence-electron chi connectivity index (χ1n) is 6.94. The van der Waals surface area contributed by atoms with Crippen LogP contribution >= 0.6 is 11.8 Å². The quantitative estimate of drug-likeness (QED) is 0.740. The van der Waals surface area contributed by atoms with E-state index < -0.39 is 5.97 Å². The summed E-state index contributed by atoms with van der Waals surface area (Å²) in [6, 6.07) is 10.3. The summed E-state index contributed by atoms with van der Waals surface area (Å²) in [6.45, 7) is 4.33. The molecular formula is C16H24O2S. The van der Waals surface area contributed by atoms with Gasteiger partial charge in [0.1, 0.15) is 0 Å². The van der Waals surface area contributed by atoms with E-state index in [4.69, 9.17) is 0 Å². The van der Waals surface area contributed by atoms with E-state index in [1.54, 1.807) is 11.8 Å². The number of benzene rings is 1. The van der Waals surface area contributed by atoms with Crippen LogP contribution in [-0.4, -0.2) is 22.6 Å². The molecule has 1 atom stereocenters. The van der Waals surface area contributed by atoms with Gasteiger partial charge in [0.2, 0.25) is 0 Å². The highest BCUT2D eigenvalue weighted by atomic mass is 32.2. The lowest BCUT2D eigenvalue weighted by molar-refractivity contribution is -0.141. The van der Waals surface area contributed by atoms with Crippen molar-refractivity contribution in [3.63, 3.8) is 0 Å². The van der Waals surface area contributed by atoms with Gasteiger partial charge in [0, 0.05) is 5.75 Å². The fourth-order valence-electron chi connectivity index (χ4n) is 1.92. The molecule has 0 amide bonds. The van der Waals surface area contributed by atoms with Gasteiger partial charge in [-0.25, -0.2) is 0 Å². The van der Waals surface area contributed by atoms with Gasteiger partial charge in [-0.1, -0.05) is 44.2 Å².